The van der Waals surface area contributed by atoms with E-state index in [0.29, 0.717) is 18.3 Å². The molecule has 1 unspecified atom stereocenters. The Balaban J connectivity index is 2.25. The Labute approximate surface area is 111 Å². The minimum Gasteiger partial charge on any atom is -0.497 e. The molecule has 0 aliphatic heterocycles. The van der Waals surface area contributed by atoms with Crippen molar-refractivity contribution >= 4 is 0 Å². The highest BCUT2D eigenvalue weighted by atomic mass is 16.5. The molecule has 0 radical (unpaired) electrons. The first-order valence-electron chi connectivity index (χ1n) is 5.83. The van der Waals surface area contributed by atoms with E-state index in [1.165, 1.54) is 0 Å². The van der Waals surface area contributed by atoms with Crippen molar-refractivity contribution in [1.29, 1.82) is 0 Å². The molecule has 2 N–H and O–H groups in total. The molecule has 0 aliphatic rings. The van der Waals surface area contributed by atoms with Crippen LogP contribution >= 0.6 is 0 Å². The zero-order valence-corrected chi connectivity index (χ0v) is 11.2. The SMILES string of the molecule is COCC(C)(N)c1noc(-c2ccc(OC)cc2)n1. The largest absolute Gasteiger partial charge is 0.497 e. The van der Waals surface area contributed by atoms with Gasteiger partial charge >= 0.3 is 0 Å². The first-order chi connectivity index (χ1) is 9.06. The molecular formula is C13H17N3O3. The third-order valence-electron chi connectivity index (χ3n) is 2.72. The van der Waals surface area contributed by atoms with Gasteiger partial charge in [0.25, 0.3) is 5.89 Å². The topological polar surface area (TPSA) is 83.4 Å². The summed E-state index contributed by atoms with van der Waals surface area (Å²) in [7, 11) is 3.19. The molecule has 0 saturated heterocycles. The first-order valence-corrected chi connectivity index (χ1v) is 5.83. The molecule has 2 aromatic rings. The van der Waals surface area contributed by atoms with E-state index in [4.69, 9.17) is 19.7 Å². The van der Waals surface area contributed by atoms with Crippen LogP contribution in [0, 0.1) is 0 Å². The Morgan fingerprint density at radius 1 is 1.26 bits per heavy atom. The Bertz CT molecular complexity index is 534. The van der Waals surface area contributed by atoms with Gasteiger partial charge in [-0.25, -0.2) is 0 Å². The number of hydrogen-bond acceptors (Lipinski definition) is 6. The number of methoxy groups -OCH3 is 2. The van der Waals surface area contributed by atoms with Gasteiger partial charge in [0.05, 0.1) is 13.7 Å². The number of nitrogens with zero attached hydrogens (tertiary/aromatic N) is 2. The van der Waals surface area contributed by atoms with Gasteiger partial charge in [-0.1, -0.05) is 5.16 Å². The molecule has 0 spiro atoms. The van der Waals surface area contributed by atoms with Crippen LogP contribution in [-0.2, 0) is 10.3 Å². The summed E-state index contributed by atoms with van der Waals surface area (Å²) >= 11 is 0. The fourth-order valence-corrected chi connectivity index (χ4v) is 1.67. The third-order valence-corrected chi connectivity index (χ3v) is 2.72. The summed E-state index contributed by atoms with van der Waals surface area (Å²) in [6, 6.07) is 7.35. The molecule has 1 aromatic heterocycles. The maximum atomic E-state index is 6.06. The van der Waals surface area contributed by atoms with Crippen LogP contribution in [0.3, 0.4) is 0 Å². The van der Waals surface area contributed by atoms with Crippen LogP contribution in [0.15, 0.2) is 28.8 Å². The molecule has 0 bridgehead atoms. The Hall–Kier alpha value is -1.92. The number of benzene rings is 1. The van der Waals surface area contributed by atoms with Gasteiger partial charge in [0.1, 0.15) is 11.3 Å². The van der Waals surface area contributed by atoms with Crippen molar-refractivity contribution in [2.45, 2.75) is 12.5 Å². The van der Waals surface area contributed by atoms with E-state index in [9.17, 15) is 0 Å². The van der Waals surface area contributed by atoms with Gasteiger partial charge < -0.3 is 19.7 Å². The van der Waals surface area contributed by atoms with Crippen molar-refractivity contribution in [3.8, 4) is 17.2 Å². The number of rotatable bonds is 5. The minimum atomic E-state index is -0.775. The van der Waals surface area contributed by atoms with Gasteiger partial charge in [-0.05, 0) is 31.2 Å². The third kappa shape index (κ3) is 2.91. The average molecular weight is 263 g/mol. The first kappa shape index (κ1) is 13.5. The second-order valence-corrected chi connectivity index (χ2v) is 4.50. The van der Waals surface area contributed by atoms with Crippen LogP contribution in [0.2, 0.25) is 0 Å². The maximum absolute atomic E-state index is 6.06. The lowest BCUT2D eigenvalue weighted by molar-refractivity contribution is 0.135. The van der Waals surface area contributed by atoms with Crippen LogP contribution in [0.5, 0.6) is 5.75 Å². The van der Waals surface area contributed by atoms with Crippen LogP contribution in [-0.4, -0.2) is 31.0 Å². The van der Waals surface area contributed by atoms with Gasteiger partial charge in [-0.3, -0.25) is 0 Å². The second kappa shape index (κ2) is 5.38. The van der Waals surface area contributed by atoms with Crippen molar-refractivity contribution in [3.05, 3.63) is 30.1 Å². The quantitative estimate of drug-likeness (QED) is 0.881. The van der Waals surface area contributed by atoms with Gasteiger partial charge in [0.15, 0.2) is 5.82 Å². The van der Waals surface area contributed by atoms with E-state index in [-0.39, 0.29) is 0 Å². The molecule has 6 nitrogen and oxygen atoms in total. The van der Waals surface area contributed by atoms with Gasteiger partial charge in [-0.2, -0.15) is 4.98 Å². The van der Waals surface area contributed by atoms with Crippen LogP contribution in [0.4, 0.5) is 0 Å². The van der Waals surface area contributed by atoms with Gasteiger partial charge in [0, 0.05) is 12.7 Å². The zero-order chi connectivity index (χ0) is 13.9. The molecule has 0 fully saturated rings. The number of ether oxygens (including phenoxy) is 2. The lowest BCUT2D eigenvalue weighted by Crippen LogP contribution is -2.38. The van der Waals surface area contributed by atoms with Crippen molar-refractivity contribution in [3.63, 3.8) is 0 Å². The molecule has 1 atom stereocenters. The molecule has 102 valence electrons. The summed E-state index contributed by atoms with van der Waals surface area (Å²) in [5, 5.41) is 3.90. The van der Waals surface area contributed by atoms with E-state index in [0.717, 1.165) is 11.3 Å². The average Bonchev–Trinajstić information content (AvgIpc) is 2.89. The summed E-state index contributed by atoms with van der Waals surface area (Å²) in [6.45, 7) is 2.10. The summed E-state index contributed by atoms with van der Waals surface area (Å²) in [5.74, 6) is 1.61. The van der Waals surface area contributed by atoms with Gasteiger partial charge in [-0.15, -0.1) is 0 Å². The predicted octanol–water partition coefficient (Wildman–Crippen LogP) is 1.57. The van der Waals surface area contributed by atoms with Crippen LogP contribution in [0.1, 0.15) is 12.7 Å². The molecule has 0 amide bonds. The zero-order valence-electron chi connectivity index (χ0n) is 11.2. The van der Waals surface area contributed by atoms with Crippen molar-refractivity contribution in [2.24, 2.45) is 5.73 Å². The Morgan fingerprint density at radius 2 is 1.95 bits per heavy atom. The van der Waals surface area contributed by atoms with E-state index in [1.807, 2.05) is 24.3 Å². The van der Waals surface area contributed by atoms with Crippen LogP contribution < -0.4 is 10.5 Å². The Morgan fingerprint density at radius 3 is 2.53 bits per heavy atom. The van der Waals surface area contributed by atoms with Crippen LogP contribution in [0.25, 0.3) is 11.5 Å². The van der Waals surface area contributed by atoms with Gasteiger partial charge in [0.2, 0.25) is 0 Å². The molecule has 1 aromatic carbocycles. The minimum absolute atomic E-state index is 0.314. The second-order valence-electron chi connectivity index (χ2n) is 4.50. The smallest absolute Gasteiger partial charge is 0.257 e. The monoisotopic (exact) mass is 263 g/mol. The lowest BCUT2D eigenvalue weighted by atomic mass is 10.1. The fraction of sp³-hybridized carbons (Fsp3) is 0.385. The Kier molecular flexibility index (Phi) is 3.82. The lowest BCUT2D eigenvalue weighted by Gasteiger charge is -2.18. The van der Waals surface area contributed by atoms with Crippen molar-refractivity contribution in [2.75, 3.05) is 20.8 Å². The predicted molar refractivity (Wildman–Crippen MR) is 69.7 cm³/mol. The maximum Gasteiger partial charge on any atom is 0.257 e. The summed E-state index contributed by atoms with van der Waals surface area (Å²) in [5.41, 5.74) is 6.09. The summed E-state index contributed by atoms with van der Waals surface area (Å²) in [4.78, 5) is 4.30. The van der Waals surface area contributed by atoms with E-state index in [2.05, 4.69) is 10.1 Å². The molecule has 1 heterocycles. The summed E-state index contributed by atoms with van der Waals surface area (Å²) < 4.78 is 15.4. The highest BCUT2D eigenvalue weighted by molar-refractivity contribution is 5.54. The van der Waals surface area contributed by atoms with E-state index < -0.39 is 5.54 Å². The highest BCUT2D eigenvalue weighted by Gasteiger charge is 2.27. The standard InChI is InChI=1S/C13H17N3O3/c1-13(14,8-17-2)12-15-11(19-16-12)9-4-6-10(18-3)7-5-9/h4-7H,8,14H2,1-3H3. The summed E-state index contributed by atoms with van der Waals surface area (Å²) in [6.07, 6.45) is 0. The number of aromatic nitrogens is 2. The molecule has 0 aliphatic carbocycles. The number of nitrogens with two attached hydrogens (primary N) is 1. The molecule has 6 heteroatoms. The molecule has 2 rings (SSSR count). The highest BCUT2D eigenvalue weighted by Crippen LogP contribution is 2.23. The van der Waals surface area contributed by atoms with E-state index >= 15 is 0 Å². The van der Waals surface area contributed by atoms with Crippen molar-refractivity contribution in [1.82, 2.24) is 10.1 Å². The normalized spacial score (nSPS) is 14.1. The van der Waals surface area contributed by atoms with Crippen molar-refractivity contribution < 1.29 is 14.0 Å². The number of hydrogen-bond donors (Lipinski definition) is 1. The van der Waals surface area contributed by atoms with E-state index in [1.54, 1.807) is 21.1 Å². The fourth-order valence-electron chi connectivity index (χ4n) is 1.67. The molecule has 0 saturated carbocycles. The molecular weight excluding hydrogens is 246 g/mol. The molecule has 19 heavy (non-hydrogen) atoms.